The fourth-order valence-electron chi connectivity index (χ4n) is 3.71. The van der Waals surface area contributed by atoms with E-state index in [1.54, 1.807) is 6.20 Å². The van der Waals surface area contributed by atoms with Crippen molar-refractivity contribution in [2.75, 3.05) is 13.1 Å². The number of benzene rings is 1. The molecule has 1 fully saturated rings. The number of rotatable bonds is 7. The van der Waals surface area contributed by atoms with E-state index in [-0.39, 0.29) is 6.54 Å². The largest absolute Gasteiger partial charge is 0.297 e. The van der Waals surface area contributed by atoms with Gasteiger partial charge in [0.1, 0.15) is 0 Å². The van der Waals surface area contributed by atoms with Gasteiger partial charge in [-0.15, -0.1) is 5.10 Å². The second kappa shape index (κ2) is 9.36. The fourth-order valence-corrected chi connectivity index (χ4v) is 3.99. The van der Waals surface area contributed by atoms with Gasteiger partial charge < -0.3 is 0 Å². The average molecular weight is 413 g/mol. The van der Waals surface area contributed by atoms with Gasteiger partial charge in [0.05, 0.1) is 29.8 Å². The van der Waals surface area contributed by atoms with Crippen molar-refractivity contribution in [3.8, 4) is 5.69 Å². The summed E-state index contributed by atoms with van der Waals surface area (Å²) >= 11 is -2.02. The molecule has 0 bridgehead atoms. The van der Waals surface area contributed by atoms with Gasteiger partial charge in [-0.25, -0.2) is 13.6 Å². The molecule has 0 radical (unpaired) electrons. The summed E-state index contributed by atoms with van der Waals surface area (Å²) in [6.45, 7) is 3.08. The Kier molecular flexibility index (Phi) is 6.40. The van der Waals surface area contributed by atoms with E-state index in [1.165, 1.54) is 5.56 Å². The highest BCUT2D eigenvalue weighted by molar-refractivity contribution is 7.77. The van der Waals surface area contributed by atoms with Crippen LogP contribution in [0.2, 0.25) is 0 Å². The number of para-hydroxylation sites is 1. The summed E-state index contributed by atoms with van der Waals surface area (Å²) < 4.78 is 23.9. The van der Waals surface area contributed by atoms with Gasteiger partial charge in [-0.3, -0.25) is 14.4 Å². The van der Waals surface area contributed by atoms with Gasteiger partial charge in [0.15, 0.2) is 0 Å². The van der Waals surface area contributed by atoms with E-state index in [0.717, 1.165) is 49.6 Å². The van der Waals surface area contributed by atoms with Crippen LogP contribution in [0.15, 0.2) is 54.9 Å². The molecule has 9 heteroatoms. The summed E-state index contributed by atoms with van der Waals surface area (Å²) in [5.41, 5.74) is 4.01. The normalized spacial score (nSPS) is 16.7. The van der Waals surface area contributed by atoms with E-state index in [0.29, 0.717) is 5.92 Å². The van der Waals surface area contributed by atoms with Crippen molar-refractivity contribution in [1.82, 2.24) is 29.6 Å². The number of nitrogens with one attached hydrogen (secondary N) is 1. The summed E-state index contributed by atoms with van der Waals surface area (Å²) in [4.78, 5) is 6.68. The molecule has 2 aromatic heterocycles. The van der Waals surface area contributed by atoms with Crippen LogP contribution >= 0.6 is 0 Å². The molecule has 29 heavy (non-hydrogen) atoms. The summed E-state index contributed by atoms with van der Waals surface area (Å²) in [7, 11) is 0. The predicted molar refractivity (Wildman–Crippen MR) is 110 cm³/mol. The number of hydrogen-bond acceptors (Lipinski definition) is 5. The zero-order valence-electron chi connectivity index (χ0n) is 16.0. The minimum Gasteiger partial charge on any atom is -0.297 e. The molecule has 0 aliphatic carbocycles. The van der Waals surface area contributed by atoms with Gasteiger partial charge >= 0.3 is 0 Å². The lowest BCUT2D eigenvalue weighted by Gasteiger charge is -2.31. The van der Waals surface area contributed by atoms with E-state index in [1.807, 2.05) is 53.3 Å². The second-order valence-corrected chi connectivity index (χ2v) is 7.98. The third-order valence-corrected chi connectivity index (χ3v) is 5.61. The molecule has 4 rings (SSSR count). The average Bonchev–Trinajstić information content (AvgIpc) is 3.22. The highest BCUT2D eigenvalue weighted by atomic mass is 32.2. The van der Waals surface area contributed by atoms with Gasteiger partial charge in [0, 0.05) is 12.7 Å². The van der Waals surface area contributed by atoms with Crippen molar-refractivity contribution in [3.63, 3.8) is 0 Å². The van der Waals surface area contributed by atoms with Gasteiger partial charge in [-0.2, -0.15) is 0 Å². The molecule has 2 N–H and O–H groups in total. The van der Waals surface area contributed by atoms with Crippen molar-refractivity contribution in [2.24, 2.45) is 0 Å². The van der Waals surface area contributed by atoms with Crippen LogP contribution in [0.3, 0.4) is 0 Å². The van der Waals surface area contributed by atoms with Crippen LogP contribution in [0.5, 0.6) is 0 Å². The highest BCUT2D eigenvalue weighted by Crippen LogP contribution is 2.28. The van der Waals surface area contributed by atoms with Gasteiger partial charge in [0.2, 0.25) is 11.3 Å². The lowest BCUT2D eigenvalue weighted by atomic mass is 9.89. The molecule has 1 unspecified atom stereocenters. The lowest BCUT2D eigenvalue weighted by molar-refractivity contribution is 0.202. The number of aromatic nitrogens is 4. The van der Waals surface area contributed by atoms with Crippen LogP contribution in [0.4, 0.5) is 0 Å². The minimum atomic E-state index is -2.02. The summed E-state index contributed by atoms with van der Waals surface area (Å²) in [6, 6.07) is 14.1. The Hall–Kier alpha value is -2.46. The molecular weight excluding hydrogens is 388 g/mol. The van der Waals surface area contributed by atoms with E-state index >= 15 is 0 Å². The zero-order valence-corrected chi connectivity index (χ0v) is 16.8. The molecule has 1 atom stereocenters. The van der Waals surface area contributed by atoms with E-state index in [2.05, 4.69) is 24.9 Å². The number of piperidine rings is 1. The first-order chi connectivity index (χ1) is 14.2. The quantitative estimate of drug-likeness (QED) is 0.578. The molecule has 8 nitrogen and oxygen atoms in total. The summed E-state index contributed by atoms with van der Waals surface area (Å²) in [5, 5.41) is 8.56. The molecule has 3 aromatic rings. The molecule has 1 saturated heterocycles. The van der Waals surface area contributed by atoms with E-state index < -0.39 is 11.3 Å². The highest BCUT2D eigenvalue weighted by Gasteiger charge is 2.21. The number of nitrogens with zero attached hydrogens (tertiary/aromatic N) is 5. The molecule has 152 valence electrons. The van der Waals surface area contributed by atoms with E-state index in [9.17, 15) is 4.21 Å². The maximum Gasteiger partial charge on any atom is 0.232 e. The third kappa shape index (κ3) is 5.33. The summed E-state index contributed by atoms with van der Waals surface area (Å²) in [5.74, 6) is 0.479. The van der Waals surface area contributed by atoms with E-state index in [4.69, 9.17) is 4.55 Å². The van der Waals surface area contributed by atoms with Gasteiger partial charge in [-0.1, -0.05) is 23.4 Å². The Morgan fingerprint density at radius 3 is 2.69 bits per heavy atom. The molecule has 1 aliphatic heterocycles. The first-order valence-electron chi connectivity index (χ1n) is 9.65. The van der Waals surface area contributed by atoms with Crippen LogP contribution in [-0.4, -0.2) is 46.7 Å². The van der Waals surface area contributed by atoms with Crippen LogP contribution in [0.1, 0.15) is 35.7 Å². The van der Waals surface area contributed by atoms with Crippen LogP contribution in [0.25, 0.3) is 5.69 Å². The second-order valence-electron chi connectivity index (χ2n) is 7.19. The van der Waals surface area contributed by atoms with Crippen molar-refractivity contribution >= 4 is 11.3 Å². The molecular formula is C20H24N6O2S. The Morgan fingerprint density at radius 2 is 1.93 bits per heavy atom. The molecule has 0 saturated carbocycles. The van der Waals surface area contributed by atoms with Gasteiger partial charge in [0.25, 0.3) is 0 Å². The van der Waals surface area contributed by atoms with Gasteiger partial charge in [-0.05, 0) is 61.7 Å². The molecule has 3 heterocycles. The van der Waals surface area contributed by atoms with Crippen molar-refractivity contribution in [1.29, 1.82) is 0 Å². The Balaban J connectivity index is 1.31. The minimum absolute atomic E-state index is 0.285. The zero-order chi connectivity index (χ0) is 20.1. The SMILES string of the molecule is O=S(O)NCc1cc(C2CCN(Cc3cn(-c4ccccc4)nn3)CC2)ccn1. The Bertz CT molecular complexity index is 956. The molecule has 1 aliphatic rings. The molecule has 0 spiro atoms. The number of hydrogen-bond donors (Lipinski definition) is 2. The van der Waals surface area contributed by atoms with Crippen LogP contribution in [0, 0.1) is 0 Å². The van der Waals surface area contributed by atoms with Crippen LogP contribution < -0.4 is 4.72 Å². The maximum absolute atomic E-state index is 10.8. The Morgan fingerprint density at radius 1 is 1.14 bits per heavy atom. The first kappa shape index (κ1) is 19.8. The summed E-state index contributed by atoms with van der Waals surface area (Å²) in [6.07, 6.45) is 5.90. The first-order valence-corrected chi connectivity index (χ1v) is 10.8. The van der Waals surface area contributed by atoms with Crippen LogP contribution in [-0.2, 0) is 24.4 Å². The smallest absolute Gasteiger partial charge is 0.232 e. The Labute approximate surface area is 172 Å². The maximum atomic E-state index is 10.8. The monoisotopic (exact) mass is 412 g/mol. The fraction of sp³-hybridized carbons (Fsp3) is 0.350. The number of likely N-dealkylation sites (tertiary alicyclic amines) is 1. The molecule has 0 amide bonds. The van der Waals surface area contributed by atoms with Crippen molar-refractivity contribution < 1.29 is 8.76 Å². The molecule has 1 aromatic carbocycles. The lowest BCUT2D eigenvalue weighted by Crippen LogP contribution is -2.32. The van der Waals surface area contributed by atoms with Crippen molar-refractivity contribution in [2.45, 2.75) is 31.8 Å². The standard InChI is InChI=1S/C20H24N6O2S/c27-29(28)22-13-18-12-17(6-9-21-18)16-7-10-25(11-8-16)14-19-15-26(24-23-19)20-4-2-1-3-5-20/h1-6,9,12,15-16,22H,7-8,10-11,13-14H2,(H,27,28). The predicted octanol–water partition coefficient (Wildman–Crippen LogP) is 2.27. The topological polar surface area (TPSA) is 96.2 Å². The third-order valence-electron chi connectivity index (χ3n) is 5.22. The van der Waals surface area contributed by atoms with Crippen molar-refractivity contribution in [3.05, 3.63) is 71.8 Å². The number of pyridine rings is 1.